The standard InChI is InChI=1S/C25H30N2O3/c1-25(2,3)30-24(28)27-9-8-18-14-19(26-10-12-29-13-11-26)16-21-20-7-5-4-6-17(20)15-22(27)23(18)21/h4-7,14,16,22H,8-13,15H2,1-3H3. The van der Waals surface area contributed by atoms with E-state index >= 15 is 0 Å². The van der Waals surface area contributed by atoms with Gasteiger partial charge in [-0.05, 0) is 73.6 Å². The predicted octanol–water partition coefficient (Wildman–Crippen LogP) is 4.58. The van der Waals surface area contributed by atoms with Gasteiger partial charge in [-0.2, -0.15) is 0 Å². The molecule has 0 N–H and O–H groups in total. The van der Waals surface area contributed by atoms with Gasteiger partial charge < -0.3 is 19.3 Å². The van der Waals surface area contributed by atoms with Crippen LogP contribution in [0.1, 0.15) is 43.5 Å². The molecular weight excluding hydrogens is 376 g/mol. The number of morpholine rings is 1. The van der Waals surface area contributed by atoms with Gasteiger partial charge >= 0.3 is 6.09 Å². The van der Waals surface area contributed by atoms with Crippen molar-refractivity contribution in [2.24, 2.45) is 0 Å². The summed E-state index contributed by atoms with van der Waals surface area (Å²) in [6.07, 6.45) is 1.49. The maximum Gasteiger partial charge on any atom is 0.410 e. The highest BCUT2D eigenvalue weighted by molar-refractivity contribution is 5.81. The molecule has 2 aromatic carbocycles. The summed E-state index contributed by atoms with van der Waals surface area (Å²) in [6.45, 7) is 9.88. The number of ether oxygens (including phenoxy) is 2. The highest BCUT2D eigenvalue weighted by Crippen LogP contribution is 2.47. The van der Waals surface area contributed by atoms with Crippen LogP contribution in [0.4, 0.5) is 10.5 Å². The fourth-order valence-corrected chi connectivity index (χ4v) is 5.00. The molecule has 1 aliphatic carbocycles. The third-order valence-electron chi connectivity index (χ3n) is 6.31. The van der Waals surface area contributed by atoms with Crippen molar-refractivity contribution in [3.05, 3.63) is 53.1 Å². The highest BCUT2D eigenvalue weighted by Gasteiger charge is 2.38. The second kappa shape index (κ2) is 7.31. The van der Waals surface area contributed by atoms with E-state index in [0.29, 0.717) is 6.54 Å². The van der Waals surface area contributed by atoms with E-state index in [-0.39, 0.29) is 12.1 Å². The molecule has 2 aliphatic heterocycles. The number of rotatable bonds is 1. The first-order valence-electron chi connectivity index (χ1n) is 11.0. The first-order chi connectivity index (χ1) is 14.4. The van der Waals surface area contributed by atoms with Crippen LogP contribution in [0.25, 0.3) is 11.1 Å². The van der Waals surface area contributed by atoms with Crippen molar-refractivity contribution in [1.82, 2.24) is 4.90 Å². The van der Waals surface area contributed by atoms with Crippen molar-refractivity contribution in [2.45, 2.75) is 45.3 Å². The lowest BCUT2D eigenvalue weighted by atomic mass is 9.77. The summed E-state index contributed by atoms with van der Waals surface area (Å²) in [6, 6.07) is 13.3. The molecule has 158 valence electrons. The number of amides is 1. The van der Waals surface area contributed by atoms with Crippen molar-refractivity contribution < 1.29 is 14.3 Å². The van der Waals surface area contributed by atoms with Gasteiger partial charge in [-0.3, -0.25) is 0 Å². The van der Waals surface area contributed by atoms with Crippen molar-refractivity contribution in [2.75, 3.05) is 37.7 Å². The Balaban J connectivity index is 1.59. The molecule has 2 aromatic rings. The molecule has 2 heterocycles. The minimum Gasteiger partial charge on any atom is -0.444 e. The van der Waals surface area contributed by atoms with E-state index in [1.807, 2.05) is 25.7 Å². The van der Waals surface area contributed by atoms with Gasteiger partial charge in [0.1, 0.15) is 5.60 Å². The van der Waals surface area contributed by atoms with Gasteiger partial charge in [-0.25, -0.2) is 4.79 Å². The number of hydrogen-bond donors (Lipinski definition) is 0. The Morgan fingerprint density at radius 2 is 1.80 bits per heavy atom. The molecule has 1 unspecified atom stereocenters. The summed E-state index contributed by atoms with van der Waals surface area (Å²) in [4.78, 5) is 17.4. The second-order valence-corrected chi connectivity index (χ2v) is 9.47. The second-order valence-electron chi connectivity index (χ2n) is 9.47. The van der Waals surface area contributed by atoms with Crippen LogP contribution in [0.15, 0.2) is 36.4 Å². The Hall–Kier alpha value is -2.53. The molecule has 0 spiro atoms. The van der Waals surface area contributed by atoms with Crippen LogP contribution in [0, 0.1) is 0 Å². The third kappa shape index (κ3) is 3.45. The Morgan fingerprint density at radius 1 is 1.03 bits per heavy atom. The SMILES string of the molecule is CC(C)(C)OC(=O)N1CCc2cc(N3CCOCC3)cc3c2C1Cc1ccccc1-3. The van der Waals surface area contributed by atoms with E-state index < -0.39 is 5.60 Å². The van der Waals surface area contributed by atoms with E-state index in [2.05, 4.69) is 41.3 Å². The maximum atomic E-state index is 13.0. The molecule has 0 radical (unpaired) electrons. The largest absolute Gasteiger partial charge is 0.444 e. The van der Waals surface area contributed by atoms with Crippen LogP contribution in [-0.2, 0) is 22.3 Å². The Kier molecular flexibility index (Phi) is 4.73. The number of carbonyl (C=O) groups excluding carboxylic acids is 1. The zero-order chi connectivity index (χ0) is 20.9. The Labute approximate surface area is 178 Å². The molecule has 5 nitrogen and oxygen atoms in total. The summed E-state index contributed by atoms with van der Waals surface area (Å²) in [5.41, 5.74) is 7.33. The molecular formula is C25H30N2O3. The number of carbonyl (C=O) groups is 1. The third-order valence-corrected chi connectivity index (χ3v) is 6.31. The van der Waals surface area contributed by atoms with E-state index in [1.54, 1.807) is 0 Å². The van der Waals surface area contributed by atoms with Crippen LogP contribution < -0.4 is 4.90 Å². The summed E-state index contributed by atoms with van der Waals surface area (Å²) >= 11 is 0. The zero-order valence-corrected chi connectivity index (χ0v) is 18.1. The topological polar surface area (TPSA) is 42.0 Å². The molecule has 5 rings (SSSR count). The van der Waals surface area contributed by atoms with Crippen molar-refractivity contribution in [3.8, 4) is 11.1 Å². The van der Waals surface area contributed by atoms with E-state index in [9.17, 15) is 4.79 Å². The van der Waals surface area contributed by atoms with Gasteiger partial charge in [0.2, 0.25) is 0 Å². The molecule has 1 amide bonds. The summed E-state index contributed by atoms with van der Waals surface area (Å²) in [7, 11) is 0. The highest BCUT2D eigenvalue weighted by atomic mass is 16.6. The first kappa shape index (κ1) is 19.4. The molecule has 0 bridgehead atoms. The first-order valence-corrected chi connectivity index (χ1v) is 11.0. The summed E-state index contributed by atoms with van der Waals surface area (Å²) in [5.74, 6) is 0. The van der Waals surface area contributed by atoms with Crippen molar-refractivity contribution in [3.63, 3.8) is 0 Å². The van der Waals surface area contributed by atoms with Crippen molar-refractivity contribution >= 4 is 11.8 Å². The summed E-state index contributed by atoms with van der Waals surface area (Å²) in [5, 5.41) is 0. The lowest BCUT2D eigenvalue weighted by Crippen LogP contribution is -2.45. The minimum atomic E-state index is -0.493. The quantitative estimate of drug-likeness (QED) is 0.695. The molecule has 3 aliphatic rings. The molecule has 5 heteroatoms. The molecule has 30 heavy (non-hydrogen) atoms. The fourth-order valence-electron chi connectivity index (χ4n) is 5.00. The smallest absolute Gasteiger partial charge is 0.410 e. The lowest BCUT2D eigenvalue weighted by Gasteiger charge is -2.42. The van der Waals surface area contributed by atoms with E-state index in [1.165, 1.54) is 33.5 Å². The van der Waals surface area contributed by atoms with Crippen LogP contribution in [0.2, 0.25) is 0 Å². The number of fused-ring (bicyclic) bond motifs is 2. The number of hydrogen-bond acceptors (Lipinski definition) is 4. The maximum absolute atomic E-state index is 13.0. The Bertz CT molecular complexity index is 973. The number of benzene rings is 2. The van der Waals surface area contributed by atoms with E-state index in [0.717, 1.165) is 39.1 Å². The number of anilines is 1. The minimum absolute atomic E-state index is 0.0345. The van der Waals surface area contributed by atoms with Gasteiger partial charge in [0.05, 0.1) is 19.3 Å². The molecule has 1 saturated heterocycles. The zero-order valence-electron chi connectivity index (χ0n) is 18.1. The summed E-state index contributed by atoms with van der Waals surface area (Å²) < 4.78 is 11.3. The van der Waals surface area contributed by atoms with Gasteiger partial charge in [0.25, 0.3) is 0 Å². The normalized spacial score (nSPS) is 20.4. The van der Waals surface area contributed by atoms with Gasteiger partial charge in [0, 0.05) is 25.3 Å². The molecule has 0 aromatic heterocycles. The van der Waals surface area contributed by atoms with Gasteiger partial charge in [-0.15, -0.1) is 0 Å². The van der Waals surface area contributed by atoms with E-state index in [4.69, 9.17) is 9.47 Å². The van der Waals surface area contributed by atoms with Gasteiger partial charge in [0.15, 0.2) is 0 Å². The predicted molar refractivity (Wildman–Crippen MR) is 118 cm³/mol. The molecule has 1 atom stereocenters. The number of nitrogens with zero attached hydrogens (tertiary/aromatic N) is 2. The van der Waals surface area contributed by atoms with Gasteiger partial charge in [-0.1, -0.05) is 24.3 Å². The average Bonchev–Trinajstić information content (AvgIpc) is 2.73. The van der Waals surface area contributed by atoms with Crippen LogP contribution >= 0.6 is 0 Å². The average molecular weight is 407 g/mol. The molecule has 1 fully saturated rings. The van der Waals surface area contributed by atoms with Crippen LogP contribution in [0.3, 0.4) is 0 Å². The van der Waals surface area contributed by atoms with Crippen LogP contribution in [-0.4, -0.2) is 49.4 Å². The van der Waals surface area contributed by atoms with Crippen molar-refractivity contribution in [1.29, 1.82) is 0 Å². The monoisotopic (exact) mass is 406 g/mol. The van der Waals surface area contributed by atoms with Crippen LogP contribution in [0.5, 0.6) is 0 Å². The lowest BCUT2D eigenvalue weighted by molar-refractivity contribution is 0.0140. The molecule has 0 saturated carbocycles. The fraction of sp³-hybridized carbons (Fsp3) is 0.480. The Morgan fingerprint density at radius 3 is 2.57 bits per heavy atom.